The number of rotatable bonds is 9. The van der Waals surface area contributed by atoms with E-state index in [1.165, 1.54) is 23.6 Å². The Balaban J connectivity index is 1.22. The maximum atomic E-state index is 13.6. The molecule has 9 nitrogen and oxygen atoms in total. The van der Waals surface area contributed by atoms with Crippen LogP contribution < -0.4 is 14.3 Å². The topological polar surface area (TPSA) is 122 Å². The van der Waals surface area contributed by atoms with Crippen LogP contribution >= 0.6 is 10.8 Å². The number of likely N-dealkylation sites (tertiary alicyclic amines) is 1. The van der Waals surface area contributed by atoms with Crippen molar-refractivity contribution in [2.24, 2.45) is 0 Å². The van der Waals surface area contributed by atoms with Crippen molar-refractivity contribution >= 4 is 43.2 Å². The number of sulfonamides is 1. The summed E-state index contributed by atoms with van der Waals surface area (Å²) in [6.07, 6.45) is 3.44. The van der Waals surface area contributed by atoms with Crippen molar-refractivity contribution in [3.8, 4) is 0 Å². The minimum atomic E-state index is -3.99. The van der Waals surface area contributed by atoms with Crippen LogP contribution in [0.2, 0.25) is 0 Å². The minimum absolute atomic E-state index is 0.0630. The van der Waals surface area contributed by atoms with Crippen molar-refractivity contribution in [3.63, 3.8) is 0 Å². The molecule has 11 heteroatoms. The van der Waals surface area contributed by atoms with Crippen LogP contribution in [-0.2, 0) is 21.4 Å². The third-order valence-corrected chi connectivity index (χ3v) is 12.1. The average Bonchev–Trinajstić information content (AvgIpc) is 3.03. The van der Waals surface area contributed by atoms with E-state index in [1.807, 2.05) is 48.5 Å². The number of benzene rings is 4. The number of nitrogens with one attached hydrogen (secondary N) is 2. The molecule has 2 aliphatic heterocycles. The summed E-state index contributed by atoms with van der Waals surface area (Å²) in [5.41, 5.74) is 3.20. The summed E-state index contributed by atoms with van der Waals surface area (Å²) in [7, 11) is -5.50. The Morgan fingerprint density at radius 3 is 2.38 bits per heavy atom. The Bertz CT molecular complexity index is 1780. The molecule has 238 valence electrons. The summed E-state index contributed by atoms with van der Waals surface area (Å²) >= 11 is 0. The molecule has 2 heterocycles. The number of nitrogens with zero attached hydrogens (tertiary/aromatic N) is 2. The molecule has 1 fully saturated rings. The van der Waals surface area contributed by atoms with Crippen molar-refractivity contribution < 1.29 is 22.3 Å². The Kier molecular flexibility index (Phi) is 9.19. The Labute approximate surface area is 266 Å². The molecule has 0 radical (unpaired) electrons. The third-order valence-electron chi connectivity index (χ3n) is 8.75. The van der Waals surface area contributed by atoms with E-state index >= 15 is 0 Å². The Morgan fingerprint density at radius 2 is 1.62 bits per heavy atom. The summed E-state index contributed by atoms with van der Waals surface area (Å²) in [5, 5.41) is 4.72. The van der Waals surface area contributed by atoms with Crippen LogP contribution in [0.1, 0.15) is 54.5 Å². The maximum absolute atomic E-state index is 13.6. The molecule has 6 rings (SSSR count). The maximum Gasteiger partial charge on any atom is 0.241 e. The largest absolute Gasteiger partial charge is 0.347 e. The fourth-order valence-corrected chi connectivity index (χ4v) is 8.94. The zero-order valence-corrected chi connectivity index (χ0v) is 26.9. The molecule has 0 aliphatic carbocycles. The van der Waals surface area contributed by atoms with Gasteiger partial charge >= 0.3 is 0 Å². The molecule has 0 spiro atoms. The first-order valence-electron chi connectivity index (χ1n) is 15.3. The van der Waals surface area contributed by atoms with Crippen molar-refractivity contribution in [2.75, 3.05) is 30.2 Å². The molecule has 2 atom stereocenters. The highest BCUT2D eigenvalue weighted by Crippen LogP contribution is 2.54. The predicted molar refractivity (Wildman–Crippen MR) is 181 cm³/mol. The van der Waals surface area contributed by atoms with Crippen LogP contribution in [0.25, 0.3) is 10.8 Å². The monoisotopic (exact) mass is 648 g/mol. The van der Waals surface area contributed by atoms with E-state index in [-0.39, 0.29) is 17.1 Å². The third kappa shape index (κ3) is 7.19. The van der Waals surface area contributed by atoms with Crippen LogP contribution in [0, 0.1) is 0 Å². The SMILES string of the molecule is CN1c2cc(CN3CCCCC3)ccc2[C@H](NC(=O)C[C@@H](NS(=O)(=O)c2ccc3ccccc3c2)c2ccccc2)CS1(O)O. The normalized spacial score (nSPS) is 19.9. The van der Waals surface area contributed by atoms with Gasteiger partial charge in [0, 0.05) is 25.6 Å². The van der Waals surface area contributed by atoms with Crippen molar-refractivity contribution in [1.29, 1.82) is 0 Å². The summed E-state index contributed by atoms with van der Waals surface area (Å²) in [6, 6.07) is 26.0. The van der Waals surface area contributed by atoms with Gasteiger partial charge in [0.2, 0.25) is 15.9 Å². The molecule has 4 aromatic rings. The number of piperidine rings is 1. The van der Waals surface area contributed by atoms with Crippen molar-refractivity contribution in [2.45, 2.75) is 49.2 Å². The molecule has 1 amide bonds. The fraction of sp³-hybridized carbons (Fsp3) is 0.324. The van der Waals surface area contributed by atoms with Crippen LogP contribution in [-0.4, -0.2) is 54.2 Å². The standard InChI is InChI=1S/C34H40N4O5S2/c1-37-33-20-25(23-38-18-8-3-9-19-38)14-17-30(33)32(24-44(37,40)41)35-34(39)22-31(27-11-4-2-5-12-27)36-45(42,43)29-16-15-26-10-6-7-13-28(26)21-29/h2,4-7,10-17,20-21,31-32,36,40-41H,3,8-9,18-19,22-24H2,1H3,(H,35,39)/t31-,32-/m1/s1. The molecule has 4 N–H and O–H groups in total. The molecule has 0 bridgehead atoms. The number of carbonyl (C=O) groups excluding carboxylic acids is 1. The highest BCUT2D eigenvalue weighted by Gasteiger charge is 2.36. The zero-order valence-electron chi connectivity index (χ0n) is 25.3. The van der Waals surface area contributed by atoms with Crippen molar-refractivity contribution in [1.82, 2.24) is 14.9 Å². The average molecular weight is 649 g/mol. The van der Waals surface area contributed by atoms with E-state index in [0.717, 1.165) is 41.5 Å². The van der Waals surface area contributed by atoms with E-state index in [2.05, 4.69) is 14.9 Å². The molecule has 4 aromatic carbocycles. The van der Waals surface area contributed by atoms with E-state index in [4.69, 9.17) is 0 Å². The molecular formula is C34H40N4O5S2. The molecule has 2 aliphatic rings. The van der Waals surface area contributed by atoms with E-state index in [0.29, 0.717) is 11.3 Å². The first-order valence-corrected chi connectivity index (χ1v) is 18.4. The van der Waals surface area contributed by atoms with Crippen LogP contribution in [0.3, 0.4) is 0 Å². The lowest BCUT2D eigenvalue weighted by atomic mass is 10.0. The van der Waals surface area contributed by atoms with Gasteiger partial charge in [-0.05, 0) is 66.0 Å². The van der Waals surface area contributed by atoms with Gasteiger partial charge in [0.15, 0.2) is 0 Å². The quantitative estimate of drug-likeness (QED) is 0.170. The second-order valence-corrected chi connectivity index (χ2v) is 15.8. The lowest BCUT2D eigenvalue weighted by molar-refractivity contribution is -0.122. The second kappa shape index (κ2) is 13.1. The summed E-state index contributed by atoms with van der Waals surface area (Å²) < 4.78 is 53.4. The Hall–Kier alpha value is -3.45. The van der Waals surface area contributed by atoms with Gasteiger partial charge in [-0.15, -0.1) is 10.8 Å². The van der Waals surface area contributed by atoms with Gasteiger partial charge in [0.05, 0.1) is 28.4 Å². The highest BCUT2D eigenvalue weighted by molar-refractivity contribution is 8.25. The Morgan fingerprint density at radius 1 is 0.911 bits per heavy atom. The minimum Gasteiger partial charge on any atom is -0.347 e. The van der Waals surface area contributed by atoms with E-state index in [1.54, 1.807) is 49.5 Å². The first kappa shape index (κ1) is 31.5. The fourth-order valence-electron chi connectivity index (χ4n) is 6.27. The lowest BCUT2D eigenvalue weighted by Crippen LogP contribution is -2.42. The van der Waals surface area contributed by atoms with Gasteiger partial charge in [-0.2, -0.15) is 0 Å². The molecule has 0 unspecified atom stereocenters. The summed E-state index contributed by atoms with van der Waals surface area (Å²) in [5.74, 6) is -0.467. The summed E-state index contributed by atoms with van der Waals surface area (Å²) in [4.78, 5) is 16.1. The van der Waals surface area contributed by atoms with Crippen LogP contribution in [0.4, 0.5) is 5.69 Å². The molecule has 0 aromatic heterocycles. The number of carbonyl (C=O) groups is 1. The molecular weight excluding hydrogens is 609 g/mol. The van der Waals surface area contributed by atoms with Gasteiger partial charge in [0.1, 0.15) is 0 Å². The predicted octanol–water partition coefficient (Wildman–Crippen LogP) is 6.21. The highest BCUT2D eigenvalue weighted by atomic mass is 32.3. The summed E-state index contributed by atoms with van der Waals surface area (Å²) in [6.45, 7) is 2.88. The second-order valence-electron chi connectivity index (χ2n) is 11.9. The van der Waals surface area contributed by atoms with E-state index < -0.39 is 38.8 Å². The zero-order chi connectivity index (χ0) is 31.6. The van der Waals surface area contributed by atoms with Gasteiger partial charge in [-0.25, -0.2) is 13.1 Å². The van der Waals surface area contributed by atoms with Crippen LogP contribution in [0.15, 0.2) is 95.9 Å². The van der Waals surface area contributed by atoms with Gasteiger partial charge in [0.25, 0.3) is 0 Å². The number of hydrogen-bond acceptors (Lipinski definition) is 7. The van der Waals surface area contributed by atoms with Crippen LogP contribution in [0.5, 0.6) is 0 Å². The molecule has 0 saturated carbocycles. The lowest BCUT2D eigenvalue weighted by Gasteiger charge is -2.49. The molecule has 45 heavy (non-hydrogen) atoms. The van der Waals surface area contributed by atoms with Gasteiger partial charge in [-0.1, -0.05) is 79.2 Å². The van der Waals surface area contributed by atoms with Gasteiger partial charge < -0.3 is 5.32 Å². The number of hydrogen-bond donors (Lipinski definition) is 4. The van der Waals surface area contributed by atoms with Crippen molar-refractivity contribution in [3.05, 3.63) is 108 Å². The number of amides is 1. The number of fused-ring (bicyclic) bond motifs is 2. The first-order chi connectivity index (χ1) is 21.6. The number of anilines is 1. The van der Waals surface area contributed by atoms with Gasteiger partial charge in [-0.3, -0.25) is 23.1 Å². The molecule has 1 saturated heterocycles. The van der Waals surface area contributed by atoms with E-state index in [9.17, 15) is 22.3 Å². The smallest absolute Gasteiger partial charge is 0.241 e.